The third-order valence-electron chi connectivity index (χ3n) is 8.17. The molecular formula is C34H43N3O4S. The maximum absolute atomic E-state index is 14.0. The van der Waals surface area contributed by atoms with Crippen LogP contribution in [-0.2, 0) is 32.6 Å². The van der Waals surface area contributed by atoms with Gasteiger partial charge >= 0.3 is 0 Å². The summed E-state index contributed by atoms with van der Waals surface area (Å²) < 4.78 is 27.0. The highest BCUT2D eigenvalue weighted by molar-refractivity contribution is 7.92. The van der Waals surface area contributed by atoms with Crippen LogP contribution in [0, 0.1) is 13.8 Å². The first-order valence-corrected chi connectivity index (χ1v) is 16.7. The van der Waals surface area contributed by atoms with Gasteiger partial charge in [0.15, 0.2) is 0 Å². The molecule has 0 spiro atoms. The molecule has 0 bridgehead atoms. The summed E-state index contributed by atoms with van der Waals surface area (Å²) in [6, 6.07) is 24.5. The fourth-order valence-electron chi connectivity index (χ4n) is 5.69. The molecule has 1 atom stereocenters. The Labute approximate surface area is 251 Å². The van der Waals surface area contributed by atoms with Gasteiger partial charge in [0.25, 0.3) is 0 Å². The number of nitrogens with zero attached hydrogens (tertiary/aromatic N) is 2. The van der Waals surface area contributed by atoms with E-state index in [-0.39, 0.29) is 30.8 Å². The number of nitrogens with one attached hydrogen (secondary N) is 1. The van der Waals surface area contributed by atoms with Crippen molar-refractivity contribution < 1.29 is 18.0 Å². The van der Waals surface area contributed by atoms with E-state index >= 15 is 0 Å². The largest absolute Gasteiger partial charge is 0.352 e. The van der Waals surface area contributed by atoms with Crippen LogP contribution in [0.15, 0.2) is 78.9 Å². The number of hydrogen-bond donors (Lipinski definition) is 1. The highest BCUT2D eigenvalue weighted by Gasteiger charge is 2.32. The molecule has 0 aromatic heterocycles. The second kappa shape index (κ2) is 14.5. The first-order chi connectivity index (χ1) is 20.1. The van der Waals surface area contributed by atoms with Crippen LogP contribution in [0.25, 0.3) is 0 Å². The summed E-state index contributed by atoms with van der Waals surface area (Å²) in [5, 5.41) is 3.23. The van der Waals surface area contributed by atoms with Crippen LogP contribution in [-0.4, -0.2) is 50.0 Å². The van der Waals surface area contributed by atoms with Gasteiger partial charge in [-0.25, -0.2) is 8.42 Å². The lowest BCUT2D eigenvalue weighted by Gasteiger charge is -2.33. The molecule has 0 heterocycles. The third-order valence-corrected chi connectivity index (χ3v) is 9.35. The normalized spacial score (nSPS) is 14.4. The van der Waals surface area contributed by atoms with E-state index < -0.39 is 16.1 Å². The molecule has 1 fully saturated rings. The standard InChI is InChI=1S/C34H43N3O4S/c1-26-14-12-21-31(27(26)2)37(42(3,40)41)23-13-22-33(38)36(25-29-17-8-5-9-18-29)32(24-28-15-6-4-7-16-28)34(39)35-30-19-10-11-20-30/h4-9,12,14-18,21,30,32H,10-11,13,19-20,22-25H2,1-3H3,(H,35,39)/t32-/m1/s1. The van der Waals surface area contributed by atoms with Crippen LogP contribution in [0.1, 0.15) is 60.8 Å². The van der Waals surface area contributed by atoms with Crippen molar-refractivity contribution in [1.82, 2.24) is 10.2 Å². The average molecular weight is 590 g/mol. The van der Waals surface area contributed by atoms with Crippen LogP contribution in [0.3, 0.4) is 0 Å². The first kappa shape index (κ1) is 31.3. The van der Waals surface area contributed by atoms with E-state index in [1.54, 1.807) is 11.0 Å². The molecule has 1 N–H and O–H groups in total. The van der Waals surface area contributed by atoms with Crippen molar-refractivity contribution in [3.05, 3.63) is 101 Å². The molecule has 8 heteroatoms. The highest BCUT2D eigenvalue weighted by atomic mass is 32.2. The van der Waals surface area contributed by atoms with Gasteiger partial charge < -0.3 is 10.2 Å². The van der Waals surface area contributed by atoms with Gasteiger partial charge in [-0.1, -0.05) is 85.6 Å². The molecule has 0 saturated heterocycles. The molecule has 3 aromatic rings. The van der Waals surface area contributed by atoms with Gasteiger partial charge in [0.1, 0.15) is 6.04 Å². The lowest BCUT2D eigenvalue weighted by atomic mass is 10.0. The van der Waals surface area contributed by atoms with Gasteiger partial charge in [-0.15, -0.1) is 0 Å². The Balaban J connectivity index is 1.58. The molecule has 1 saturated carbocycles. The number of amides is 2. The summed E-state index contributed by atoms with van der Waals surface area (Å²) in [6.45, 7) is 4.33. The number of carbonyl (C=O) groups excluding carboxylic acids is 2. The van der Waals surface area contributed by atoms with Crippen LogP contribution in [0.5, 0.6) is 0 Å². The zero-order valence-electron chi connectivity index (χ0n) is 25.0. The molecule has 1 aliphatic rings. The van der Waals surface area contributed by atoms with Gasteiger partial charge in [0, 0.05) is 32.0 Å². The number of rotatable bonds is 13. The summed E-state index contributed by atoms with van der Waals surface area (Å²) in [7, 11) is -3.56. The highest BCUT2D eigenvalue weighted by Crippen LogP contribution is 2.26. The smallest absolute Gasteiger partial charge is 0.243 e. The van der Waals surface area contributed by atoms with Gasteiger partial charge in [0.05, 0.1) is 11.9 Å². The minimum absolute atomic E-state index is 0.117. The quantitative estimate of drug-likeness (QED) is 0.283. The predicted octanol–water partition coefficient (Wildman–Crippen LogP) is 5.55. The lowest BCUT2D eigenvalue weighted by Crippen LogP contribution is -2.52. The van der Waals surface area contributed by atoms with Crippen molar-refractivity contribution in [3.8, 4) is 0 Å². The topological polar surface area (TPSA) is 86.8 Å². The molecule has 2 amide bonds. The van der Waals surface area contributed by atoms with Crippen LogP contribution in [0.2, 0.25) is 0 Å². The zero-order valence-corrected chi connectivity index (χ0v) is 25.8. The van der Waals surface area contributed by atoms with E-state index in [1.165, 1.54) is 10.6 Å². The number of anilines is 1. The maximum atomic E-state index is 14.0. The van der Waals surface area contributed by atoms with Gasteiger partial charge in [0.2, 0.25) is 21.8 Å². The van der Waals surface area contributed by atoms with Crippen molar-refractivity contribution in [2.24, 2.45) is 0 Å². The number of aryl methyl sites for hydroxylation is 1. The number of carbonyl (C=O) groups is 2. The Kier molecular flexibility index (Phi) is 10.8. The minimum Gasteiger partial charge on any atom is -0.352 e. The van der Waals surface area contributed by atoms with Crippen molar-refractivity contribution in [2.75, 3.05) is 17.1 Å². The summed E-state index contributed by atoms with van der Waals surface area (Å²) >= 11 is 0. The Hall–Kier alpha value is -3.65. The van der Waals surface area contributed by atoms with Crippen LogP contribution >= 0.6 is 0 Å². The van der Waals surface area contributed by atoms with Crippen molar-refractivity contribution >= 4 is 27.5 Å². The van der Waals surface area contributed by atoms with E-state index in [9.17, 15) is 18.0 Å². The molecule has 7 nitrogen and oxygen atoms in total. The Bertz CT molecular complexity index is 1440. The minimum atomic E-state index is -3.56. The summed E-state index contributed by atoms with van der Waals surface area (Å²) in [6.07, 6.45) is 6.14. The predicted molar refractivity (Wildman–Crippen MR) is 169 cm³/mol. The first-order valence-electron chi connectivity index (χ1n) is 14.8. The van der Waals surface area contributed by atoms with E-state index in [2.05, 4.69) is 5.32 Å². The molecule has 1 aliphatic carbocycles. The third kappa shape index (κ3) is 8.44. The second-order valence-corrected chi connectivity index (χ2v) is 13.3. The molecule has 3 aromatic carbocycles. The lowest BCUT2D eigenvalue weighted by molar-refractivity contribution is -0.141. The van der Waals surface area contributed by atoms with Crippen LogP contribution in [0.4, 0.5) is 5.69 Å². The Morgan fingerprint density at radius 2 is 1.50 bits per heavy atom. The fraction of sp³-hybridized carbons (Fsp3) is 0.412. The molecular weight excluding hydrogens is 546 g/mol. The van der Waals surface area contributed by atoms with Gasteiger partial charge in [-0.05, 0) is 61.4 Å². The Morgan fingerprint density at radius 3 is 2.12 bits per heavy atom. The Morgan fingerprint density at radius 1 is 0.881 bits per heavy atom. The van der Waals surface area contributed by atoms with Gasteiger partial charge in [-0.2, -0.15) is 0 Å². The molecule has 4 rings (SSSR count). The summed E-state index contributed by atoms with van der Waals surface area (Å²) in [4.78, 5) is 29.5. The van der Waals surface area contributed by atoms with Crippen molar-refractivity contribution in [1.29, 1.82) is 0 Å². The molecule has 0 radical (unpaired) electrons. The maximum Gasteiger partial charge on any atom is 0.243 e. The summed E-state index contributed by atoms with van der Waals surface area (Å²) in [5.41, 5.74) is 4.44. The number of sulfonamides is 1. The van der Waals surface area contributed by atoms with Crippen molar-refractivity contribution in [3.63, 3.8) is 0 Å². The fourth-order valence-corrected chi connectivity index (χ4v) is 6.71. The molecule has 42 heavy (non-hydrogen) atoms. The van der Waals surface area contributed by atoms with E-state index in [4.69, 9.17) is 0 Å². The van der Waals surface area contributed by atoms with Gasteiger partial charge in [-0.3, -0.25) is 13.9 Å². The summed E-state index contributed by atoms with van der Waals surface area (Å²) in [5.74, 6) is -0.307. The van der Waals surface area contributed by atoms with Crippen LogP contribution < -0.4 is 9.62 Å². The average Bonchev–Trinajstić information content (AvgIpc) is 3.48. The zero-order chi connectivity index (χ0) is 30.1. The molecule has 224 valence electrons. The monoisotopic (exact) mass is 589 g/mol. The van der Waals surface area contributed by atoms with E-state index in [0.717, 1.165) is 47.9 Å². The number of benzene rings is 3. The van der Waals surface area contributed by atoms with E-state index in [1.807, 2.05) is 86.6 Å². The molecule has 0 aliphatic heterocycles. The number of hydrogen-bond acceptors (Lipinski definition) is 4. The second-order valence-electron chi connectivity index (χ2n) is 11.4. The SMILES string of the molecule is Cc1cccc(N(CCCC(=O)N(Cc2ccccc2)[C@H](Cc2ccccc2)C(=O)NC2CCCC2)S(C)(=O)=O)c1C. The molecule has 0 unspecified atom stereocenters. The van der Waals surface area contributed by atoms with E-state index in [0.29, 0.717) is 25.1 Å². The van der Waals surface area contributed by atoms with Crippen molar-refractivity contribution in [2.45, 2.75) is 77.4 Å².